The molecule has 100 valence electrons. The van der Waals surface area contributed by atoms with E-state index in [0.717, 1.165) is 10.7 Å². The summed E-state index contributed by atoms with van der Waals surface area (Å²) in [6.45, 7) is 2.28. The van der Waals surface area contributed by atoms with Gasteiger partial charge in [0.1, 0.15) is 6.20 Å². The van der Waals surface area contributed by atoms with Gasteiger partial charge in [0.15, 0.2) is 0 Å². The molecule has 0 aliphatic carbocycles. The van der Waals surface area contributed by atoms with E-state index in [1.54, 1.807) is 7.05 Å². The monoisotopic (exact) mass is 280 g/mol. The molecule has 2 aromatic rings. The minimum absolute atomic E-state index is 0.161. The van der Waals surface area contributed by atoms with Crippen molar-refractivity contribution in [2.45, 2.75) is 13.5 Å². The number of anilines is 2. The Morgan fingerprint density at radius 1 is 1.47 bits per heavy atom. The van der Waals surface area contributed by atoms with Gasteiger partial charge in [-0.2, -0.15) is 4.98 Å². The molecule has 0 fully saturated rings. The molecule has 0 aliphatic heterocycles. The van der Waals surface area contributed by atoms with Crippen molar-refractivity contribution in [3.8, 4) is 0 Å². The van der Waals surface area contributed by atoms with Gasteiger partial charge < -0.3 is 10.6 Å². The molecule has 2 heterocycles. The maximum Gasteiger partial charge on any atom is 0.329 e. The summed E-state index contributed by atoms with van der Waals surface area (Å²) in [7, 11) is 1.65. The van der Waals surface area contributed by atoms with Gasteiger partial charge in [-0.3, -0.25) is 10.1 Å². The molecule has 0 bridgehead atoms. The van der Waals surface area contributed by atoms with Crippen molar-refractivity contribution in [3.63, 3.8) is 0 Å². The van der Waals surface area contributed by atoms with Gasteiger partial charge in [-0.05, 0) is 6.92 Å². The zero-order chi connectivity index (χ0) is 13.8. The van der Waals surface area contributed by atoms with Crippen LogP contribution >= 0.6 is 11.3 Å². The van der Waals surface area contributed by atoms with E-state index in [0.29, 0.717) is 12.5 Å². The van der Waals surface area contributed by atoms with E-state index in [1.807, 2.05) is 12.3 Å². The summed E-state index contributed by atoms with van der Waals surface area (Å²) < 4.78 is 0. The molecule has 2 aromatic heterocycles. The number of aromatic nitrogens is 3. The summed E-state index contributed by atoms with van der Waals surface area (Å²) in [5, 5.41) is 19.4. The standard InChI is InChI=1S/C10H12N6O2S/c1-6-14-7(5-19-6)3-12-9-8(16(17)18)4-13-10(11-2)15-9/h4-5H,3H2,1-2H3,(H2,11,12,13,15). The van der Waals surface area contributed by atoms with Crippen LogP contribution in [0.15, 0.2) is 11.6 Å². The van der Waals surface area contributed by atoms with Gasteiger partial charge in [-0.25, -0.2) is 9.97 Å². The molecule has 0 amide bonds. The molecule has 2 rings (SSSR count). The average molecular weight is 280 g/mol. The molecule has 0 unspecified atom stereocenters. The number of nitrogens with zero attached hydrogens (tertiary/aromatic N) is 4. The third-order valence-electron chi connectivity index (χ3n) is 2.29. The summed E-state index contributed by atoms with van der Waals surface area (Å²) in [6, 6.07) is 0. The van der Waals surface area contributed by atoms with Crippen molar-refractivity contribution in [2.24, 2.45) is 0 Å². The first-order chi connectivity index (χ1) is 9.10. The average Bonchev–Trinajstić information content (AvgIpc) is 2.81. The molecule has 0 aromatic carbocycles. The van der Waals surface area contributed by atoms with Crippen LogP contribution in [0, 0.1) is 17.0 Å². The predicted molar refractivity (Wildman–Crippen MR) is 72.4 cm³/mol. The zero-order valence-electron chi connectivity index (χ0n) is 10.4. The molecular formula is C10H12N6O2S. The number of rotatable bonds is 5. The normalized spacial score (nSPS) is 10.2. The Morgan fingerprint density at radius 3 is 2.84 bits per heavy atom. The van der Waals surface area contributed by atoms with Crippen molar-refractivity contribution in [1.82, 2.24) is 15.0 Å². The van der Waals surface area contributed by atoms with Crippen LogP contribution in [0.3, 0.4) is 0 Å². The molecule has 9 heteroatoms. The van der Waals surface area contributed by atoms with Crippen LogP contribution in [0.25, 0.3) is 0 Å². The first-order valence-electron chi connectivity index (χ1n) is 5.44. The predicted octanol–water partition coefficient (Wildman–Crippen LogP) is 1.80. The highest BCUT2D eigenvalue weighted by atomic mass is 32.1. The molecule has 2 N–H and O–H groups in total. The topological polar surface area (TPSA) is 106 Å². The number of nitro groups is 1. The molecule has 0 radical (unpaired) electrons. The van der Waals surface area contributed by atoms with E-state index in [4.69, 9.17) is 0 Å². The summed E-state index contributed by atoms with van der Waals surface area (Å²) in [5.41, 5.74) is 0.660. The molecule has 0 spiro atoms. The van der Waals surface area contributed by atoms with Crippen LogP contribution in [-0.4, -0.2) is 26.9 Å². The van der Waals surface area contributed by atoms with Gasteiger partial charge in [-0.1, -0.05) is 0 Å². The Bertz CT molecular complexity index is 599. The van der Waals surface area contributed by atoms with Gasteiger partial charge in [0.05, 0.1) is 22.2 Å². The minimum atomic E-state index is -0.520. The molecule has 0 saturated carbocycles. The van der Waals surface area contributed by atoms with E-state index >= 15 is 0 Å². The van der Waals surface area contributed by atoms with Gasteiger partial charge >= 0.3 is 5.69 Å². The van der Waals surface area contributed by atoms with Crippen LogP contribution in [-0.2, 0) is 6.54 Å². The SMILES string of the molecule is CNc1ncc([N+](=O)[O-])c(NCc2csc(C)n2)n1. The van der Waals surface area contributed by atoms with Gasteiger partial charge in [-0.15, -0.1) is 11.3 Å². The van der Waals surface area contributed by atoms with Crippen LogP contribution in [0.2, 0.25) is 0 Å². The van der Waals surface area contributed by atoms with Gasteiger partial charge in [0.25, 0.3) is 0 Å². The summed E-state index contributed by atoms with van der Waals surface area (Å²) in [4.78, 5) is 22.5. The third kappa shape index (κ3) is 3.13. The van der Waals surface area contributed by atoms with E-state index in [-0.39, 0.29) is 11.5 Å². The molecule has 0 atom stereocenters. The quantitative estimate of drug-likeness (QED) is 0.635. The van der Waals surface area contributed by atoms with E-state index < -0.39 is 4.92 Å². The second-order valence-corrected chi connectivity index (χ2v) is 4.71. The van der Waals surface area contributed by atoms with Crippen molar-refractivity contribution in [3.05, 3.63) is 32.4 Å². The van der Waals surface area contributed by atoms with Gasteiger partial charge in [0, 0.05) is 12.4 Å². The van der Waals surface area contributed by atoms with Crippen LogP contribution in [0.4, 0.5) is 17.5 Å². The maximum atomic E-state index is 10.9. The van der Waals surface area contributed by atoms with E-state index in [2.05, 4.69) is 25.6 Å². The Labute approximate surface area is 113 Å². The smallest absolute Gasteiger partial charge is 0.329 e. The fraction of sp³-hybridized carbons (Fsp3) is 0.300. The zero-order valence-corrected chi connectivity index (χ0v) is 11.2. The van der Waals surface area contributed by atoms with E-state index in [9.17, 15) is 10.1 Å². The fourth-order valence-electron chi connectivity index (χ4n) is 1.42. The van der Waals surface area contributed by atoms with Crippen molar-refractivity contribution < 1.29 is 4.92 Å². The Hall–Kier alpha value is -2.29. The lowest BCUT2D eigenvalue weighted by Crippen LogP contribution is -2.07. The molecule has 8 nitrogen and oxygen atoms in total. The van der Waals surface area contributed by atoms with Gasteiger partial charge in [0.2, 0.25) is 11.8 Å². The largest absolute Gasteiger partial charge is 0.359 e. The van der Waals surface area contributed by atoms with Crippen molar-refractivity contribution in [1.29, 1.82) is 0 Å². The fourth-order valence-corrected chi connectivity index (χ4v) is 2.04. The lowest BCUT2D eigenvalue weighted by Gasteiger charge is -2.06. The summed E-state index contributed by atoms with van der Waals surface area (Å²) in [5.74, 6) is 0.498. The first kappa shape index (κ1) is 13.1. The lowest BCUT2D eigenvalue weighted by molar-refractivity contribution is -0.384. The second-order valence-electron chi connectivity index (χ2n) is 3.65. The number of thiazole rings is 1. The lowest BCUT2D eigenvalue weighted by atomic mass is 10.4. The highest BCUT2D eigenvalue weighted by Crippen LogP contribution is 2.22. The summed E-state index contributed by atoms with van der Waals surface area (Å²) >= 11 is 1.53. The van der Waals surface area contributed by atoms with Crippen LogP contribution in [0.1, 0.15) is 10.7 Å². The Morgan fingerprint density at radius 2 is 2.26 bits per heavy atom. The Kier molecular flexibility index (Phi) is 3.85. The van der Waals surface area contributed by atoms with E-state index in [1.165, 1.54) is 17.5 Å². The maximum absolute atomic E-state index is 10.9. The molecule has 0 saturated heterocycles. The summed E-state index contributed by atoms with van der Waals surface area (Å²) in [6.07, 6.45) is 1.17. The number of nitrogens with one attached hydrogen (secondary N) is 2. The highest BCUT2D eigenvalue weighted by Gasteiger charge is 2.17. The third-order valence-corrected chi connectivity index (χ3v) is 3.12. The number of aryl methyl sites for hydroxylation is 1. The van der Waals surface area contributed by atoms with Crippen molar-refractivity contribution >= 4 is 28.8 Å². The van der Waals surface area contributed by atoms with Crippen molar-refractivity contribution in [2.75, 3.05) is 17.7 Å². The number of hydrogen-bond donors (Lipinski definition) is 2. The number of hydrogen-bond acceptors (Lipinski definition) is 8. The minimum Gasteiger partial charge on any atom is -0.359 e. The molecular weight excluding hydrogens is 268 g/mol. The van der Waals surface area contributed by atoms with Crippen LogP contribution in [0.5, 0.6) is 0 Å². The highest BCUT2D eigenvalue weighted by molar-refractivity contribution is 7.09. The second kappa shape index (κ2) is 5.57. The molecule has 0 aliphatic rings. The first-order valence-corrected chi connectivity index (χ1v) is 6.32. The molecule has 19 heavy (non-hydrogen) atoms. The Balaban J connectivity index is 2.19. The van der Waals surface area contributed by atoms with Crippen LogP contribution < -0.4 is 10.6 Å².